The molecule has 4 heterocycles. The third kappa shape index (κ3) is 3.49. The molecule has 2 aromatic carbocycles. The number of hydrogen-bond donors (Lipinski definition) is 1. The Balaban J connectivity index is 1.41. The van der Waals surface area contributed by atoms with Gasteiger partial charge in [-0.2, -0.15) is 0 Å². The van der Waals surface area contributed by atoms with Crippen LogP contribution in [0.15, 0.2) is 61.3 Å². The molecule has 2 fully saturated rings. The fourth-order valence-corrected chi connectivity index (χ4v) is 5.50. The lowest BCUT2D eigenvalue weighted by Gasteiger charge is -2.47. The number of ether oxygens (including phenoxy) is 1. The normalized spacial score (nSPS) is 20.8. The number of hydrogen-bond acceptors (Lipinski definition) is 4. The van der Waals surface area contributed by atoms with Gasteiger partial charge in [0.05, 0.1) is 24.1 Å². The molecule has 0 bridgehead atoms. The van der Waals surface area contributed by atoms with Crippen LogP contribution in [0.5, 0.6) is 0 Å². The molecule has 1 atom stereocenters. The molecule has 7 heteroatoms. The number of amides is 1. The number of aromatic nitrogens is 2. The monoisotopic (exact) mass is 470 g/mol. The molecule has 1 N–H and O–H groups in total. The van der Waals surface area contributed by atoms with Crippen molar-refractivity contribution < 1.29 is 13.9 Å². The van der Waals surface area contributed by atoms with Gasteiger partial charge in [-0.1, -0.05) is 24.8 Å². The van der Waals surface area contributed by atoms with Crippen LogP contribution in [0.4, 0.5) is 15.9 Å². The highest BCUT2D eigenvalue weighted by atomic mass is 19.1. The van der Waals surface area contributed by atoms with Crippen molar-refractivity contribution in [2.75, 3.05) is 36.0 Å². The number of para-hydroxylation sites is 1. The van der Waals surface area contributed by atoms with E-state index in [2.05, 4.69) is 28.6 Å². The van der Waals surface area contributed by atoms with Gasteiger partial charge in [0.1, 0.15) is 11.6 Å². The Hall–Kier alpha value is -3.71. The summed E-state index contributed by atoms with van der Waals surface area (Å²) < 4.78 is 19.7. The number of carbonyl (C=O) groups excluding carboxylic acids is 1. The largest absolute Gasteiger partial charge is 0.361 e. The molecule has 2 aliphatic heterocycles. The number of aromatic amines is 1. The maximum absolute atomic E-state index is 13.8. The zero-order valence-electron chi connectivity index (χ0n) is 19.7. The summed E-state index contributed by atoms with van der Waals surface area (Å²) in [4.78, 5) is 26.1. The van der Waals surface area contributed by atoms with Gasteiger partial charge in [-0.05, 0) is 55.7 Å². The van der Waals surface area contributed by atoms with Gasteiger partial charge in [-0.25, -0.2) is 9.37 Å². The maximum Gasteiger partial charge on any atom is 0.261 e. The lowest BCUT2D eigenvalue weighted by Crippen LogP contribution is -2.63. The van der Waals surface area contributed by atoms with Crippen molar-refractivity contribution in [1.29, 1.82) is 0 Å². The van der Waals surface area contributed by atoms with Crippen LogP contribution in [-0.4, -0.2) is 47.7 Å². The predicted molar refractivity (Wildman–Crippen MR) is 137 cm³/mol. The van der Waals surface area contributed by atoms with Crippen LogP contribution in [0.1, 0.15) is 25.3 Å². The van der Waals surface area contributed by atoms with E-state index in [-0.39, 0.29) is 11.7 Å². The first-order valence-corrected chi connectivity index (χ1v) is 12.0. The molecular weight excluding hydrogens is 443 g/mol. The van der Waals surface area contributed by atoms with Gasteiger partial charge in [-0.3, -0.25) is 4.79 Å². The molecule has 0 radical (unpaired) electrons. The van der Waals surface area contributed by atoms with E-state index in [4.69, 9.17) is 9.72 Å². The number of pyridine rings is 1. The summed E-state index contributed by atoms with van der Waals surface area (Å²) in [6.07, 6.45) is 3.31. The van der Waals surface area contributed by atoms with Crippen molar-refractivity contribution in [3.05, 3.63) is 72.7 Å². The number of piperidine rings is 1. The van der Waals surface area contributed by atoms with Crippen LogP contribution in [0.2, 0.25) is 0 Å². The number of halogens is 1. The van der Waals surface area contributed by atoms with Gasteiger partial charge in [0, 0.05) is 41.4 Å². The summed E-state index contributed by atoms with van der Waals surface area (Å²) >= 11 is 0. The molecular formula is C28H27FN4O2. The quantitative estimate of drug-likeness (QED) is 0.442. The molecule has 0 aliphatic carbocycles. The molecule has 4 aromatic rings. The van der Waals surface area contributed by atoms with E-state index in [0.717, 1.165) is 51.7 Å². The molecule has 35 heavy (non-hydrogen) atoms. The van der Waals surface area contributed by atoms with E-state index in [0.29, 0.717) is 31.8 Å². The van der Waals surface area contributed by atoms with Crippen molar-refractivity contribution in [2.24, 2.45) is 0 Å². The van der Waals surface area contributed by atoms with Crippen LogP contribution in [-0.2, 0) is 9.53 Å². The molecule has 6 nitrogen and oxygen atoms in total. The minimum absolute atomic E-state index is 0.0752. The summed E-state index contributed by atoms with van der Waals surface area (Å²) in [5.41, 5.74) is 3.71. The van der Waals surface area contributed by atoms with Gasteiger partial charge >= 0.3 is 0 Å². The molecule has 1 unspecified atom stereocenters. The Morgan fingerprint density at radius 1 is 1.17 bits per heavy atom. The summed E-state index contributed by atoms with van der Waals surface area (Å²) in [7, 11) is 0. The average Bonchev–Trinajstić information content (AvgIpc) is 3.26. The number of rotatable bonds is 3. The Labute approximate surface area is 203 Å². The Morgan fingerprint density at radius 2 is 1.97 bits per heavy atom. The number of morpholine rings is 1. The first-order chi connectivity index (χ1) is 17.0. The highest BCUT2D eigenvalue weighted by molar-refractivity contribution is 6.15. The third-order valence-corrected chi connectivity index (χ3v) is 7.20. The number of anilines is 2. The van der Waals surface area contributed by atoms with E-state index < -0.39 is 5.60 Å². The highest BCUT2D eigenvalue weighted by Gasteiger charge is 2.49. The number of nitrogens with one attached hydrogen (secondary N) is 1. The molecule has 1 spiro atoms. The lowest BCUT2D eigenvalue weighted by molar-refractivity contribution is -0.151. The van der Waals surface area contributed by atoms with Gasteiger partial charge in [0.25, 0.3) is 5.91 Å². The molecule has 2 aromatic heterocycles. The Kier molecular flexibility index (Phi) is 5.11. The molecule has 2 aliphatic rings. The van der Waals surface area contributed by atoms with E-state index >= 15 is 0 Å². The second kappa shape index (κ2) is 8.20. The number of carbonyl (C=O) groups is 1. The predicted octanol–water partition coefficient (Wildman–Crippen LogP) is 5.29. The number of benzene rings is 2. The summed E-state index contributed by atoms with van der Waals surface area (Å²) in [6.45, 7) is 8.20. The number of allylic oxidation sites excluding steroid dienone is 1. The van der Waals surface area contributed by atoms with E-state index in [9.17, 15) is 9.18 Å². The first-order valence-electron chi connectivity index (χ1n) is 12.0. The highest BCUT2D eigenvalue weighted by Crippen LogP contribution is 2.39. The number of fused-ring (bicyclic) bond motifs is 3. The smallest absolute Gasteiger partial charge is 0.261 e. The van der Waals surface area contributed by atoms with Crippen molar-refractivity contribution in [1.82, 2.24) is 9.97 Å². The molecule has 6 rings (SSSR count). The molecule has 0 saturated carbocycles. The van der Waals surface area contributed by atoms with Crippen LogP contribution in [0, 0.1) is 5.82 Å². The van der Waals surface area contributed by atoms with Crippen LogP contribution >= 0.6 is 0 Å². The summed E-state index contributed by atoms with van der Waals surface area (Å²) in [5.74, 6) is 0.450. The molecule has 178 valence electrons. The van der Waals surface area contributed by atoms with Crippen molar-refractivity contribution in [2.45, 2.75) is 25.4 Å². The van der Waals surface area contributed by atoms with Crippen LogP contribution < -0.4 is 9.80 Å². The van der Waals surface area contributed by atoms with Crippen LogP contribution in [0.25, 0.3) is 27.4 Å². The van der Waals surface area contributed by atoms with Crippen LogP contribution in [0.3, 0.4) is 0 Å². The minimum atomic E-state index is -0.960. The van der Waals surface area contributed by atoms with E-state index in [1.54, 1.807) is 17.0 Å². The Morgan fingerprint density at radius 3 is 2.77 bits per heavy atom. The SMILES string of the molecule is C=C(C)c1cnc(N2CCCC3(C2)OCCN(c2ccc(F)cc2)C3=O)c2c1[nH]c1ccccc12. The third-order valence-electron chi connectivity index (χ3n) is 7.20. The van der Waals surface area contributed by atoms with Crippen molar-refractivity contribution in [3.8, 4) is 0 Å². The zero-order valence-corrected chi connectivity index (χ0v) is 19.7. The molecule has 2 saturated heterocycles. The standard InChI is InChI=1S/C28H27FN4O2/c1-18(2)22-16-30-26(24-21-6-3-4-7-23(21)31-25(22)24)32-13-5-12-28(17-32)27(34)33(14-15-35-28)20-10-8-19(29)9-11-20/h3-4,6-11,16,31H,1,5,12-15,17H2,2H3. The van der Waals surface area contributed by atoms with E-state index in [1.165, 1.54) is 12.1 Å². The van der Waals surface area contributed by atoms with Gasteiger partial charge in [-0.15, -0.1) is 0 Å². The lowest BCUT2D eigenvalue weighted by atomic mass is 9.89. The van der Waals surface area contributed by atoms with Gasteiger partial charge < -0.3 is 19.5 Å². The fourth-order valence-electron chi connectivity index (χ4n) is 5.50. The second-order valence-electron chi connectivity index (χ2n) is 9.50. The minimum Gasteiger partial charge on any atom is -0.361 e. The first kappa shape index (κ1) is 21.8. The fraction of sp³-hybridized carbons (Fsp3) is 0.286. The average molecular weight is 471 g/mol. The maximum atomic E-state index is 13.8. The number of nitrogens with zero attached hydrogens (tertiary/aromatic N) is 3. The van der Waals surface area contributed by atoms with Gasteiger partial charge in [0.15, 0.2) is 5.60 Å². The Bertz CT molecular complexity index is 1460. The molecule has 1 amide bonds. The van der Waals surface area contributed by atoms with Gasteiger partial charge in [0.2, 0.25) is 0 Å². The zero-order chi connectivity index (χ0) is 24.2. The topological polar surface area (TPSA) is 61.5 Å². The number of H-pyrrole nitrogens is 1. The van der Waals surface area contributed by atoms with Crippen molar-refractivity contribution in [3.63, 3.8) is 0 Å². The summed E-state index contributed by atoms with van der Waals surface area (Å²) in [5, 5.41) is 2.13. The van der Waals surface area contributed by atoms with Crippen molar-refractivity contribution >= 4 is 44.8 Å². The summed E-state index contributed by atoms with van der Waals surface area (Å²) in [6, 6.07) is 14.3. The second-order valence-corrected chi connectivity index (χ2v) is 9.50. The van der Waals surface area contributed by atoms with E-state index in [1.807, 2.05) is 25.3 Å².